The summed E-state index contributed by atoms with van der Waals surface area (Å²) in [4.78, 5) is 0. The third-order valence-electron chi connectivity index (χ3n) is 13.9. The number of hydrogen-bond acceptors (Lipinski definition) is 6. The van der Waals surface area contributed by atoms with Gasteiger partial charge in [-0.3, -0.25) is 0 Å². The van der Waals surface area contributed by atoms with Gasteiger partial charge in [0.05, 0.1) is 26.4 Å². The predicted octanol–water partition coefficient (Wildman–Crippen LogP) is 10.5. The molecule has 0 amide bonds. The zero-order valence-corrected chi connectivity index (χ0v) is 35.5. The topological polar surface area (TPSA) is 99.4 Å². The summed E-state index contributed by atoms with van der Waals surface area (Å²) in [5.41, 5.74) is 9.44. The van der Waals surface area contributed by atoms with Crippen LogP contribution in [-0.2, 0) is 12.8 Å². The lowest BCUT2D eigenvalue weighted by atomic mass is 9.66. The van der Waals surface area contributed by atoms with Crippen LogP contribution in [0, 0.1) is 10.8 Å². The molecule has 6 nitrogen and oxygen atoms in total. The van der Waals surface area contributed by atoms with E-state index >= 15 is 0 Å². The maximum atomic E-state index is 10.4. The van der Waals surface area contributed by atoms with Crippen molar-refractivity contribution in [2.75, 3.05) is 14.2 Å². The predicted molar refractivity (Wildman–Crippen MR) is 246 cm³/mol. The average molecular weight is 858 g/mol. The second-order valence-corrected chi connectivity index (χ2v) is 18.3. The van der Waals surface area contributed by atoms with Gasteiger partial charge in [0, 0.05) is 4.47 Å². The van der Waals surface area contributed by atoms with E-state index in [1.54, 1.807) is 38.5 Å². The first-order chi connectivity index (χ1) is 27.9. The molecule has 2 saturated carbocycles. The van der Waals surface area contributed by atoms with E-state index < -0.39 is 7.12 Å². The van der Waals surface area contributed by atoms with E-state index in [0.29, 0.717) is 23.0 Å². The number of ether oxygens (including phenoxy) is 2. The Hall–Kier alpha value is -4.18. The molecule has 0 aliphatic heterocycles. The lowest BCUT2D eigenvalue weighted by Gasteiger charge is -2.38. The monoisotopic (exact) mass is 856 g/mol. The Labute approximate surface area is 358 Å². The molecule has 6 aromatic carbocycles. The van der Waals surface area contributed by atoms with Crippen LogP contribution >= 0.6 is 15.9 Å². The lowest BCUT2D eigenvalue weighted by molar-refractivity contribution is 0.159. The molecule has 6 aromatic rings. The van der Waals surface area contributed by atoms with Crippen molar-refractivity contribution >= 4 is 50.1 Å². The van der Waals surface area contributed by atoms with Gasteiger partial charge < -0.3 is 29.7 Å². The molecule has 4 N–H and O–H groups in total. The van der Waals surface area contributed by atoms with Gasteiger partial charge in [0.2, 0.25) is 0 Å². The number of halogens is 1. The summed E-state index contributed by atoms with van der Waals surface area (Å²) in [6.45, 7) is 4.74. The van der Waals surface area contributed by atoms with E-state index in [-0.39, 0.29) is 30.5 Å². The summed E-state index contributed by atoms with van der Waals surface area (Å²) in [6.07, 6.45) is 8.05. The third-order valence-corrected chi connectivity index (χ3v) is 14.5. The Bertz CT molecular complexity index is 2420. The quantitative estimate of drug-likeness (QED) is 0.132. The first kappa shape index (κ1) is 42.9. The fraction of sp³-hybridized carbons (Fsp3) is 0.373. The highest BCUT2D eigenvalue weighted by Gasteiger charge is 2.48. The van der Waals surface area contributed by atoms with E-state index in [2.05, 4.69) is 103 Å². The van der Waals surface area contributed by atoms with Crippen LogP contribution in [0.3, 0.4) is 0 Å². The smallest absolute Gasteiger partial charge is 0.488 e. The number of benzene rings is 6. The molecule has 6 atom stereocenters. The average Bonchev–Trinajstić information content (AvgIpc) is 3.74. The Morgan fingerprint density at radius 1 is 0.610 bits per heavy atom. The normalized spacial score (nSPS) is 24.8. The van der Waals surface area contributed by atoms with Crippen molar-refractivity contribution in [3.63, 3.8) is 0 Å². The van der Waals surface area contributed by atoms with Crippen LogP contribution < -0.4 is 14.9 Å². The Morgan fingerprint density at radius 2 is 1.05 bits per heavy atom. The molecule has 0 heterocycles. The van der Waals surface area contributed by atoms with E-state index in [9.17, 15) is 10.2 Å². The van der Waals surface area contributed by atoms with Crippen LogP contribution in [0.5, 0.6) is 11.5 Å². The highest BCUT2D eigenvalue weighted by Crippen LogP contribution is 2.58. The summed E-state index contributed by atoms with van der Waals surface area (Å²) in [5, 5.41) is 43.3. The van der Waals surface area contributed by atoms with Crippen LogP contribution in [0.4, 0.5) is 0 Å². The number of methoxy groups -OCH3 is 2. The van der Waals surface area contributed by atoms with Gasteiger partial charge in [-0.25, -0.2) is 0 Å². The molecule has 308 valence electrons. The van der Waals surface area contributed by atoms with Crippen LogP contribution in [0.15, 0.2) is 114 Å². The molecular weight excluding hydrogens is 799 g/mol. The molecule has 0 bridgehead atoms. The minimum Gasteiger partial charge on any atom is -0.497 e. The molecule has 0 spiro atoms. The van der Waals surface area contributed by atoms with Crippen molar-refractivity contribution in [2.45, 2.75) is 96.7 Å². The molecule has 0 radical (unpaired) electrons. The first-order valence-corrected chi connectivity index (χ1v) is 21.5. The van der Waals surface area contributed by atoms with Crippen molar-refractivity contribution < 1.29 is 29.7 Å². The minimum atomic E-state index is -1.40. The minimum absolute atomic E-state index is 0. The van der Waals surface area contributed by atoms with Crippen molar-refractivity contribution in [2.24, 2.45) is 10.8 Å². The van der Waals surface area contributed by atoms with Gasteiger partial charge in [-0.15, -0.1) is 0 Å². The highest BCUT2D eigenvalue weighted by molar-refractivity contribution is 9.10. The third kappa shape index (κ3) is 8.32. The zero-order chi connectivity index (χ0) is 40.8. The summed E-state index contributed by atoms with van der Waals surface area (Å²) >= 11 is 3.74. The van der Waals surface area contributed by atoms with Gasteiger partial charge in [-0.05, 0) is 171 Å². The second kappa shape index (κ2) is 17.4. The van der Waals surface area contributed by atoms with Gasteiger partial charge in [0.25, 0.3) is 0 Å². The molecule has 0 unspecified atom stereocenters. The Morgan fingerprint density at radius 3 is 1.54 bits per heavy atom. The van der Waals surface area contributed by atoms with E-state index in [1.807, 2.05) is 12.1 Å². The SMILES string of the molecule is C.COc1ccc(-c2cc3c(c4ccccc24)CC[C@]2(C)C[C@H](O)C[C@@H]32)cc1.COc1ccc(B(O)O)cc1.C[C@]12CCc3c(cc(Br)c4ccccc34)[C@@H]1C[C@@H](O)C2. The maximum Gasteiger partial charge on any atom is 0.488 e. The second-order valence-electron chi connectivity index (χ2n) is 17.5. The van der Waals surface area contributed by atoms with Crippen molar-refractivity contribution in [3.8, 4) is 22.6 Å². The molecule has 0 aromatic heterocycles. The lowest BCUT2D eigenvalue weighted by Crippen LogP contribution is -2.29. The number of rotatable bonds is 4. The van der Waals surface area contributed by atoms with Crippen LogP contribution in [0.1, 0.15) is 93.9 Å². The van der Waals surface area contributed by atoms with Crippen LogP contribution in [0.25, 0.3) is 32.7 Å². The summed E-state index contributed by atoms with van der Waals surface area (Å²) < 4.78 is 11.4. The maximum absolute atomic E-state index is 10.4. The van der Waals surface area contributed by atoms with Gasteiger partial charge in [0.1, 0.15) is 11.5 Å². The molecule has 59 heavy (non-hydrogen) atoms. The molecule has 4 aliphatic rings. The number of hydrogen-bond donors (Lipinski definition) is 4. The van der Waals surface area contributed by atoms with E-state index in [1.165, 1.54) is 72.2 Å². The number of aryl methyl sites for hydroxylation is 2. The fourth-order valence-electron chi connectivity index (χ4n) is 10.9. The largest absolute Gasteiger partial charge is 0.497 e. The number of fused-ring (bicyclic) bond motifs is 10. The molecule has 0 saturated heterocycles. The van der Waals surface area contributed by atoms with Crippen LogP contribution in [-0.4, -0.2) is 53.8 Å². The molecular formula is C51H58BBrO6. The summed E-state index contributed by atoms with van der Waals surface area (Å²) in [7, 11) is 1.86. The van der Waals surface area contributed by atoms with Gasteiger partial charge in [0.15, 0.2) is 0 Å². The van der Waals surface area contributed by atoms with Gasteiger partial charge in [-0.1, -0.05) is 110 Å². The standard InChI is InChI=1S/C25H26O2.C18H19BrO.C7H9BO3.CH4/c1-25-12-11-21-19-5-3-4-6-20(19)22(16-7-9-18(27-2)10-8-16)14-23(21)24(25)13-17(26)15-25;1-18-7-6-13-12-4-2-3-5-14(12)17(19)9-15(13)16(18)8-11(20)10-18;1-11-7-4-2-6(3-5-7)8(9)10;/h3-10,14,17,24,26H,11-13,15H2,1-2H3;2-5,9,11,16,20H,6-8,10H2,1H3;2-5,9-10H,1H3;1H4/t17-,24+,25-;11-,16+,18-;;/m11../s1. The molecule has 10 rings (SSSR count). The summed E-state index contributed by atoms with van der Waals surface area (Å²) in [5.74, 6) is 2.56. The molecule has 8 heteroatoms. The molecule has 2 fully saturated rings. The number of aliphatic hydroxyl groups excluding tert-OH is 2. The molecule has 4 aliphatic carbocycles. The van der Waals surface area contributed by atoms with Crippen molar-refractivity contribution in [1.29, 1.82) is 0 Å². The van der Waals surface area contributed by atoms with Crippen molar-refractivity contribution in [1.82, 2.24) is 0 Å². The van der Waals surface area contributed by atoms with Gasteiger partial charge in [-0.2, -0.15) is 0 Å². The summed E-state index contributed by atoms with van der Waals surface area (Å²) in [6, 6.07) is 37.1. The van der Waals surface area contributed by atoms with E-state index in [0.717, 1.165) is 44.3 Å². The highest BCUT2D eigenvalue weighted by atomic mass is 79.9. The Balaban J connectivity index is 0.000000145. The fourth-order valence-corrected chi connectivity index (χ4v) is 11.4. The zero-order valence-electron chi connectivity index (χ0n) is 33.9. The van der Waals surface area contributed by atoms with E-state index in [4.69, 9.17) is 19.5 Å². The Kier molecular flexibility index (Phi) is 12.7. The van der Waals surface area contributed by atoms with Crippen molar-refractivity contribution in [3.05, 3.63) is 136 Å². The van der Waals surface area contributed by atoms with Gasteiger partial charge >= 0.3 is 7.12 Å². The first-order valence-electron chi connectivity index (χ1n) is 20.7. The number of aliphatic hydroxyl groups is 2. The van der Waals surface area contributed by atoms with Crippen LogP contribution in [0.2, 0.25) is 0 Å².